The highest BCUT2D eigenvalue weighted by atomic mass is 32.1. The molecule has 0 heterocycles. The third-order valence-corrected chi connectivity index (χ3v) is 2.67. The molecule has 0 bridgehead atoms. The molecule has 0 unspecified atom stereocenters. The van der Waals surface area contributed by atoms with Crippen molar-refractivity contribution >= 4 is 30.9 Å². The molecule has 19 heavy (non-hydrogen) atoms. The number of allylic oxidation sites excluding steroid dienone is 1. The Labute approximate surface area is 116 Å². The van der Waals surface area contributed by atoms with Crippen LogP contribution in [-0.4, -0.2) is 46.3 Å². The minimum absolute atomic E-state index is 0.0560. The molecule has 4 N–H and O–H groups in total. The van der Waals surface area contributed by atoms with Gasteiger partial charge < -0.3 is 25.6 Å². The molecule has 0 aromatic carbocycles. The van der Waals surface area contributed by atoms with Crippen LogP contribution in [0.1, 0.15) is 19.8 Å². The van der Waals surface area contributed by atoms with Crippen LogP contribution in [0.2, 0.25) is 0 Å². The van der Waals surface area contributed by atoms with Gasteiger partial charge >= 0.3 is 11.9 Å². The third-order valence-electron chi connectivity index (χ3n) is 2.30. The molecular formula is C11H18N2O5S. The molecule has 0 amide bonds. The van der Waals surface area contributed by atoms with Gasteiger partial charge in [0.05, 0.1) is 5.82 Å². The Morgan fingerprint density at radius 3 is 2.11 bits per heavy atom. The zero-order chi connectivity index (χ0) is 14.8. The fourth-order valence-electron chi connectivity index (χ4n) is 1.26. The highest BCUT2D eigenvalue weighted by Gasteiger charge is 2.20. The van der Waals surface area contributed by atoms with E-state index in [0.717, 1.165) is 0 Å². The number of carboxylic acids is 2. The first kappa shape index (κ1) is 17.3. The minimum Gasteiger partial charge on any atom is -0.480 e. The van der Waals surface area contributed by atoms with E-state index >= 15 is 0 Å². The van der Waals surface area contributed by atoms with Crippen LogP contribution in [0.25, 0.3) is 0 Å². The van der Waals surface area contributed by atoms with Crippen molar-refractivity contribution < 1.29 is 24.6 Å². The van der Waals surface area contributed by atoms with Gasteiger partial charge in [0, 0.05) is 12.2 Å². The summed E-state index contributed by atoms with van der Waals surface area (Å²) in [6.45, 7) is 1.63. The van der Waals surface area contributed by atoms with Crippen LogP contribution in [0.15, 0.2) is 11.9 Å². The average Bonchev–Trinajstić information content (AvgIpc) is 2.37. The van der Waals surface area contributed by atoms with Gasteiger partial charge in [-0.1, -0.05) is 0 Å². The maximum Gasteiger partial charge on any atom is 0.327 e. The molecule has 108 valence electrons. The van der Waals surface area contributed by atoms with Crippen LogP contribution in [0.4, 0.5) is 0 Å². The molecule has 0 aromatic rings. The summed E-state index contributed by atoms with van der Waals surface area (Å²) in [6.07, 6.45) is 2.39. The molecule has 7 nitrogen and oxygen atoms in total. The zero-order valence-corrected chi connectivity index (χ0v) is 11.4. The Morgan fingerprint density at radius 1 is 1.21 bits per heavy atom. The Hall–Kier alpha value is -1.70. The third kappa shape index (κ3) is 6.70. The molecule has 0 saturated heterocycles. The number of thiol groups is 1. The maximum atomic E-state index is 11.0. The standard InChI is InChI=1S/C11H18N2O5S/c1-2-9(13-8(6-19)11(17)18)12-7(10(15)16)4-3-5-14/h2,5,7-8,12-13,19H,3-4,6H2,1H3,(H,15,16)(H,17,18)/t7-,8-/m0/s1. The molecule has 0 aromatic heterocycles. The van der Waals surface area contributed by atoms with Gasteiger partial charge in [0.1, 0.15) is 18.4 Å². The summed E-state index contributed by atoms with van der Waals surface area (Å²) in [5.74, 6) is -1.86. The van der Waals surface area contributed by atoms with E-state index < -0.39 is 24.0 Å². The van der Waals surface area contributed by atoms with Crippen molar-refractivity contribution in [2.24, 2.45) is 0 Å². The second kappa shape index (κ2) is 9.26. The molecule has 0 fully saturated rings. The lowest BCUT2D eigenvalue weighted by atomic mass is 10.1. The van der Waals surface area contributed by atoms with E-state index in [1.165, 1.54) is 6.08 Å². The van der Waals surface area contributed by atoms with E-state index in [2.05, 4.69) is 23.3 Å². The molecule has 0 spiro atoms. The van der Waals surface area contributed by atoms with Gasteiger partial charge in [0.2, 0.25) is 0 Å². The topological polar surface area (TPSA) is 116 Å². The van der Waals surface area contributed by atoms with Crippen molar-refractivity contribution in [3.8, 4) is 0 Å². The largest absolute Gasteiger partial charge is 0.480 e. The van der Waals surface area contributed by atoms with Gasteiger partial charge in [-0.3, -0.25) is 0 Å². The highest BCUT2D eigenvalue weighted by Crippen LogP contribution is 2.00. The summed E-state index contributed by atoms with van der Waals surface area (Å²) in [5.41, 5.74) is 0. The number of hydrogen-bond donors (Lipinski definition) is 5. The number of nitrogens with one attached hydrogen (secondary N) is 2. The van der Waals surface area contributed by atoms with Crippen LogP contribution < -0.4 is 10.6 Å². The number of carboxylic acid groups (broad SMARTS) is 2. The van der Waals surface area contributed by atoms with E-state index in [1.54, 1.807) is 6.92 Å². The van der Waals surface area contributed by atoms with E-state index in [4.69, 9.17) is 10.2 Å². The van der Waals surface area contributed by atoms with Crippen LogP contribution in [0, 0.1) is 0 Å². The quantitative estimate of drug-likeness (QED) is 0.280. The average molecular weight is 290 g/mol. The van der Waals surface area contributed by atoms with Gasteiger partial charge in [0.15, 0.2) is 0 Å². The lowest BCUT2D eigenvalue weighted by Crippen LogP contribution is -2.46. The summed E-state index contributed by atoms with van der Waals surface area (Å²) in [7, 11) is 0. The summed E-state index contributed by atoms with van der Waals surface area (Å²) in [6, 6.07) is -1.89. The first-order valence-electron chi connectivity index (χ1n) is 5.65. The Bertz CT molecular complexity index is 359. The second-order valence-corrected chi connectivity index (χ2v) is 4.06. The van der Waals surface area contributed by atoms with Crippen LogP contribution in [-0.2, 0) is 14.4 Å². The molecule has 0 aliphatic heterocycles. The van der Waals surface area contributed by atoms with Gasteiger partial charge in [-0.05, 0) is 19.4 Å². The normalized spacial score (nSPS) is 14.3. The number of hydrogen-bond acceptors (Lipinski definition) is 6. The Balaban J connectivity index is 4.63. The summed E-state index contributed by atoms with van der Waals surface area (Å²) >= 11 is 3.90. The number of carbonyl (C=O) groups excluding carboxylic acids is 1. The maximum absolute atomic E-state index is 11.0. The Morgan fingerprint density at radius 2 is 1.74 bits per heavy atom. The summed E-state index contributed by atoms with van der Waals surface area (Å²) in [5, 5.41) is 23.1. The molecule has 0 aliphatic carbocycles. The molecule has 0 saturated carbocycles. The highest BCUT2D eigenvalue weighted by molar-refractivity contribution is 7.80. The van der Waals surface area contributed by atoms with E-state index in [0.29, 0.717) is 6.29 Å². The lowest BCUT2D eigenvalue weighted by Gasteiger charge is -2.21. The smallest absolute Gasteiger partial charge is 0.327 e. The van der Waals surface area contributed by atoms with Crippen molar-refractivity contribution in [1.82, 2.24) is 10.6 Å². The molecule has 0 radical (unpaired) electrons. The van der Waals surface area contributed by atoms with Gasteiger partial charge in [-0.15, -0.1) is 0 Å². The predicted molar refractivity (Wildman–Crippen MR) is 72.0 cm³/mol. The Kier molecular flexibility index (Phi) is 8.43. The zero-order valence-electron chi connectivity index (χ0n) is 10.5. The molecule has 0 rings (SSSR count). The molecule has 8 heteroatoms. The van der Waals surface area contributed by atoms with Crippen LogP contribution in [0.5, 0.6) is 0 Å². The number of carbonyl (C=O) groups is 3. The van der Waals surface area contributed by atoms with Crippen LogP contribution >= 0.6 is 12.6 Å². The molecule has 2 atom stereocenters. The van der Waals surface area contributed by atoms with E-state index in [1.807, 2.05) is 0 Å². The SMILES string of the molecule is CC=C(N[C@@H](CS)C(=O)O)N[C@@H](CCC=O)C(=O)O. The predicted octanol–water partition coefficient (Wildman–Crippen LogP) is -0.158. The first-order valence-corrected chi connectivity index (χ1v) is 6.29. The number of aliphatic carboxylic acids is 2. The van der Waals surface area contributed by atoms with Crippen molar-refractivity contribution in [2.75, 3.05) is 5.75 Å². The first-order chi connectivity index (χ1) is 8.96. The van der Waals surface area contributed by atoms with E-state index in [-0.39, 0.29) is 24.4 Å². The number of aldehydes is 1. The fourth-order valence-corrected chi connectivity index (χ4v) is 1.51. The monoisotopic (exact) mass is 290 g/mol. The molecular weight excluding hydrogens is 272 g/mol. The van der Waals surface area contributed by atoms with E-state index in [9.17, 15) is 14.4 Å². The van der Waals surface area contributed by atoms with Crippen molar-refractivity contribution in [2.45, 2.75) is 31.8 Å². The van der Waals surface area contributed by atoms with Crippen molar-refractivity contribution in [3.05, 3.63) is 11.9 Å². The van der Waals surface area contributed by atoms with Crippen LogP contribution in [0.3, 0.4) is 0 Å². The van der Waals surface area contributed by atoms with Crippen molar-refractivity contribution in [3.63, 3.8) is 0 Å². The fraction of sp³-hybridized carbons (Fsp3) is 0.545. The van der Waals surface area contributed by atoms with Crippen molar-refractivity contribution in [1.29, 1.82) is 0 Å². The van der Waals surface area contributed by atoms with Gasteiger partial charge in [-0.2, -0.15) is 12.6 Å². The minimum atomic E-state index is -1.11. The lowest BCUT2D eigenvalue weighted by molar-refractivity contribution is -0.139. The second-order valence-electron chi connectivity index (χ2n) is 3.70. The molecule has 0 aliphatic rings. The van der Waals surface area contributed by atoms with Gasteiger partial charge in [-0.25, -0.2) is 9.59 Å². The number of rotatable bonds is 10. The summed E-state index contributed by atoms with van der Waals surface area (Å²) in [4.78, 5) is 32.1. The summed E-state index contributed by atoms with van der Waals surface area (Å²) < 4.78 is 0. The van der Waals surface area contributed by atoms with Gasteiger partial charge in [0.25, 0.3) is 0 Å².